The van der Waals surface area contributed by atoms with Gasteiger partial charge in [0.25, 0.3) is 0 Å². The number of phenols is 1. The van der Waals surface area contributed by atoms with Crippen LogP contribution in [0.3, 0.4) is 0 Å². The Morgan fingerprint density at radius 1 is 1.05 bits per heavy atom. The van der Waals surface area contributed by atoms with Crippen LogP contribution in [0.5, 0.6) is 5.75 Å². The van der Waals surface area contributed by atoms with Gasteiger partial charge in [0, 0.05) is 6.21 Å². The summed E-state index contributed by atoms with van der Waals surface area (Å²) < 4.78 is 0. The van der Waals surface area contributed by atoms with Crippen molar-refractivity contribution in [3.05, 3.63) is 59.2 Å². The Morgan fingerprint density at radius 2 is 1.80 bits per heavy atom. The second kappa shape index (κ2) is 5.49. The highest BCUT2D eigenvalue weighted by Crippen LogP contribution is 2.32. The van der Waals surface area contributed by atoms with Crippen LogP contribution in [0.25, 0.3) is 0 Å². The molecule has 104 valence electrons. The summed E-state index contributed by atoms with van der Waals surface area (Å²) in [4.78, 5) is 4.42. The molecule has 0 saturated heterocycles. The zero-order valence-corrected chi connectivity index (χ0v) is 12.5. The van der Waals surface area contributed by atoms with E-state index in [1.165, 1.54) is 5.56 Å². The molecule has 2 aromatic carbocycles. The van der Waals surface area contributed by atoms with Crippen LogP contribution in [0.4, 0.5) is 5.69 Å². The van der Waals surface area contributed by atoms with E-state index in [1.807, 2.05) is 24.3 Å². The molecule has 0 saturated carbocycles. The van der Waals surface area contributed by atoms with Crippen LogP contribution >= 0.6 is 0 Å². The van der Waals surface area contributed by atoms with E-state index in [0.29, 0.717) is 5.69 Å². The third kappa shape index (κ3) is 3.47. The third-order valence-electron chi connectivity index (χ3n) is 3.24. The minimum atomic E-state index is 0.0430. The van der Waals surface area contributed by atoms with Crippen LogP contribution in [-0.4, -0.2) is 11.3 Å². The summed E-state index contributed by atoms with van der Waals surface area (Å²) in [6.45, 7) is 8.49. The molecular formula is C18H21NO. The molecule has 0 bridgehead atoms. The lowest BCUT2D eigenvalue weighted by Gasteiger charge is -2.19. The number of nitrogens with zero attached hydrogens (tertiary/aromatic N) is 1. The van der Waals surface area contributed by atoms with Gasteiger partial charge in [0.1, 0.15) is 11.4 Å². The van der Waals surface area contributed by atoms with Crippen molar-refractivity contribution in [2.75, 3.05) is 0 Å². The maximum atomic E-state index is 9.92. The molecule has 0 aromatic heterocycles. The van der Waals surface area contributed by atoms with Gasteiger partial charge < -0.3 is 5.11 Å². The van der Waals surface area contributed by atoms with Gasteiger partial charge in [-0.1, -0.05) is 56.7 Å². The Balaban J connectivity index is 2.33. The first kappa shape index (κ1) is 14.3. The Labute approximate surface area is 120 Å². The minimum Gasteiger partial charge on any atom is -0.506 e. The number of phenolic OH excluding ortho intramolecular Hbond substituents is 1. The first-order valence-corrected chi connectivity index (χ1v) is 6.80. The number of rotatable bonds is 2. The molecule has 20 heavy (non-hydrogen) atoms. The van der Waals surface area contributed by atoms with Gasteiger partial charge in [0.2, 0.25) is 0 Å². The lowest BCUT2D eigenvalue weighted by molar-refractivity contribution is 0.475. The average Bonchev–Trinajstić information content (AvgIpc) is 2.36. The van der Waals surface area contributed by atoms with Crippen molar-refractivity contribution in [3.63, 3.8) is 0 Å². The van der Waals surface area contributed by atoms with E-state index in [2.05, 4.69) is 44.8 Å². The van der Waals surface area contributed by atoms with Crippen LogP contribution in [0.1, 0.15) is 37.5 Å². The fourth-order valence-electron chi connectivity index (χ4n) is 1.99. The molecule has 2 aromatic rings. The molecule has 0 aliphatic carbocycles. The molecule has 0 heterocycles. The van der Waals surface area contributed by atoms with Crippen LogP contribution in [0, 0.1) is 6.92 Å². The van der Waals surface area contributed by atoms with Crippen LogP contribution in [0.2, 0.25) is 0 Å². The normalized spacial score (nSPS) is 12.0. The lowest BCUT2D eigenvalue weighted by atomic mass is 9.87. The van der Waals surface area contributed by atoms with E-state index in [4.69, 9.17) is 0 Å². The third-order valence-corrected chi connectivity index (χ3v) is 3.24. The highest BCUT2D eigenvalue weighted by molar-refractivity contribution is 5.83. The smallest absolute Gasteiger partial charge is 0.141 e. The monoisotopic (exact) mass is 267 g/mol. The molecule has 2 rings (SSSR count). The molecule has 0 aliphatic rings. The topological polar surface area (TPSA) is 32.6 Å². The van der Waals surface area contributed by atoms with E-state index in [9.17, 15) is 5.11 Å². The van der Waals surface area contributed by atoms with Crippen LogP contribution < -0.4 is 0 Å². The van der Waals surface area contributed by atoms with Gasteiger partial charge in [-0.25, -0.2) is 0 Å². The van der Waals surface area contributed by atoms with Gasteiger partial charge >= 0.3 is 0 Å². The van der Waals surface area contributed by atoms with Crippen molar-refractivity contribution in [2.24, 2.45) is 4.99 Å². The standard InChI is InChI=1S/C18H21NO/c1-13-6-5-7-14(10-13)12-19-16-11-15(18(2,3)4)8-9-17(16)20/h5-12,20H,1-4H3. The molecule has 2 heteroatoms. The highest BCUT2D eigenvalue weighted by Gasteiger charge is 2.14. The highest BCUT2D eigenvalue weighted by atomic mass is 16.3. The summed E-state index contributed by atoms with van der Waals surface area (Å²) in [5.41, 5.74) is 4.04. The number of aromatic hydroxyl groups is 1. The number of benzene rings is 2. The quantitative estimate of drug-likeness (QED) is 0.782. The lowest BCUT2D eigenvalue weighted by Crippen LogP contribution is -2.10. The predicted octanol–water partition coefficient (Wildman–Crippen LogP) is 4.75. The van der Waals surface area contributed by atoms with Gasteiger partial charge in [-0.15, -0.1) is 0 Å². The summed E-state index contributed by atoms with van der Waals surface area (Å²) in [6, 6.07) is 13.7. The Morgan fingerprint density at radius 3 is 2.45 bits per heavy atom. The van der Waals surface area contributed by atoms with Gasteiger partial charge in [0.05, 0.1) is 0 Å². The van der Waals surface area contributed by atoms with Crippen molar-refractivity contribution in [3.8, 4) is 5.75 Å². The largest absolute Gasteiger partial charge is 0.506 e. The Hall–Kier alpha value is -2.09. The van der Waals surface area contributed by atoms with Gasteiger partial charge in [-0.3, -0.25) is 4.99 Å². The van der Waals surface area contributed by atoms with Crippen molar-refractivity contribution >= 4 is 11.9 Å². The van der Waals surface area contributed by atoms with Crippen LogP contribution in [0.15, 0.2) is 47.5 Å². The van der Waals surface area contributed by atoms with Gasteiger partial charge in [-0.05, 0) is 35.6 Å². The van der Waals surface area contributed by atoms with E-state index in [0.717, 1.165) is 11.1 Å². The Bertz CT molecular complexity index is 636. The van der Waals surface area contributed by atoms with E-state index >= 15 is 0 Å². The number of hydrogen-bond acceptors (Lipinski definition) is 2. The SMILES string of the molecule is Cc1cccc(C=Nc2cc(C(C)(C)C)ccc2O)c1. The molecule has 0 atom stereocenters. The molecule has 2 nitrogen and oxygen atoms in total. The average molecular weight is 267 g/mol. The molecule has 0 radical (unpaired) electrons. The first-order chi connectivity index (χ1) is 9.36. The number of aliphatic imine (C=N–C) groups is 1. The molecule has 0 fully saturated rings. The van der Waals surface area contributed by atoms with E-state index in [-0.39, 0.29) is 11.2 Å². The van der Waals surface area contributed by atoms with Crippen LogP contribution in [-0.2, 0) is 5.41 Å². The maximum absolute atomic E-state index is 9.92. The summed E-state index contributed by atoms with van der Waals surface area (Å²) in [6.07, 6.45) is 1.79. The molecule has 0 spiro atoms. The molecule has 1 N–H and O–H groups in total. The zero-order chi connectivity index (χ0) is 14.8. The second-order valence-electron chi connectivity index (χ2n) is 6.13. The fourth-order valence-corrected chi connectivity index (χ4v) is 1.99. The fraction of sp³-hybridized carbons (Fsp3) is 0.278. The molecule has 0 aliphatic heterocycles. The summed E-state index contributed by atoms with van der Waals surface area (Å²) in [7, 11) is 0. The summed E-state index contributed by atoms with van der Waals surface area (Å²) >= 11 is 0. The minimum absolute atomic E-state index is 0.0430. The Kier molecular flexibility index (Phi) is 3.93. The summed E-state index contributed by atoms with van der Waals surface area (Å²) in [5.74, 6) is 0.210. The van der Waals surface area contributed by atoms with Crippen molar-refractivity contribution in [2.45, 2.75) is 33.1 Å². The predicted molar refractivity (Wildman–Crippen MR) is 85.2 cm³/mol. The first-order valence-electron chi connectivity index (χ1n) is 6.80. The maximum Gasteiger partial charge on any atom is 0.141 e. The van der Waals surface area contributed by atoms with Gasteiger partial charge in [0.15, 0.2) is 0 Å². The zero-order valence-electron chi connectivity index (χ0n) is 12.5. The van der Waals surface area contributed by atoms with Crippen molar-refractivity contribution < 1.29 is 5.11 Å². The van der Waals surface area contributed by atoms with E-state index in [1.54, 1.807) is 12.3 Å². The molecule has 0 unspecified atom stereocenters. The molecule has 0 amide bonds. The second-order valence-corrected chi connectivity index (χ2v) is 6.13. The molecular weight excluding hydrogens is 246 g/mol. The van der Waals surface area contributed by atoms with E-state index < -0.39 is 0 Å². The van der Waals surface area contributed by atoms with Crippen molar-refractivity contribution in [1.29, 1.82) is 0 Å². The summed E-state index contributed by atoms with van der Waals surface area (Å²) in [5, 5.41) is 9.92. The number of hydrogen-bond donors (Lipinski definition) is 1. The van der Waals surface area contributed by atoms with Crippen molar-refractivity contribution in [1.82, 2.24) is 0 Å². The number of aryl methyl sites for hydroxylation is 1. The van der Waals surface area contributed by atoms with Gasteiger partial charge in [-0.2, -0.15) is 0 Å².